The van der Waals surface area contributed by atoms with Crippen LogP contribution < -0.4 is 17.0 Å². The summed E-state index contributed by atoms with van der Waals surface area (Å²) in [6.45, 7) is -1.30. The largest absolute Gasteiger partial charge is 0.472 e. The highest BCUT2D eigenvalue weighted by molar-refractivity contribution is 7.47. The molecule has 22 nitrogen and oxygen atoms in total. The number of nitrogen functional groups attached to an aromatic ring is 2. The van der Waals surface area contributed by atoms with Crippen molar-refractivity contribution < 1.29 is 51.6 Å². The van der Waals surface area contributed by atoms with Gasteiger partial charge in [0, 0.05) is 6.42 Å². The van der Waals surface area contributed by atoms with Crippen LogP contribution in [-0.2, 0) is 36.7 Å². The Balaban J connectivity index is 1.19. The van der Waals surface area contributed by atoms with Gasteiger partial charge in [0.2, 0.25) is 5.95 Å². The van der Waals surface area contributed by atoms with Crippen molar-refractivity contribution >= 4 is 49.7 Å². The lowest BCUT2D eigenvalue weighted by Crippen LogP contribution is -2.36. The summed E-state index contributed by atoms with van der Waals surface area (Å²) in [5.41, 5.74) is 11.1. The summed E-state index contributed by atoms with van der Waals surface area (Å²) >= 11 is 0. The van der Waals surface area contributed by atoms with Crippen LogP contribution in [0.2, 0.25) is 0 Å². The summed E-state index contributed by atoms with van der Waals surface area (Å²) < 4.78 is 61.7. The fraction of sp³-hybridized carbons (Fsp3) is 0.500. The van der Waals surface area contributed by atoms with Gasteiger partial charge in [-0.1, -0.05) is 0 Å². The van der Waals surface area contributed by atoms with E-state index in [1.54, 1.807) is 0 Å². The van der Waals surface area contributed by atoms with Crippen LogP contribution >= 0.6 is 15.6 Å². The number of hydrogen-bond donors (Lipinski definition) is 6. The molecule has 9 atom stereocenters. The van der Waals surface area contributed by atoms with Gasteiger partial charge in [0.15, 0.2) is 35.1 Å². The number of rotatable bonds is 2. The molecule has 4 aromatic rings. The maximum absolute atomic E-state index is 13.2. The number of anilines is 2. The van der Waals surface area contributed by atoms with Crippen LogP contribution in [0.15, 0.2) is 23.8 Å². The molecule has 0 spiro atoms. The van der Waals surface area contributed by atoms with E-state index in [4.69, 9.17) is 39.0 Å². The van der Waals surface area contributed by atoms with Crippen LogP contribution in [0, 0.1) is 0 Å². The van der Waals surface area contributed by atoms with E-state index >= 15 is 0 Å². The number of nitrogens with zero attached hydrogens (tertiary/aromatic N) is 7. The number of phosphoric ester groups is 2. The normalized spacial score (nSPS) is 36.6. The Morgan fingerprint density at radius 1 is 0.886 bits per heavy atom. The lowest BCUT2D eigenvalue weighted by molar-refractivity contribution is -0.0670. The van der Waals surface area contributed by atoms with Gasteiger partial charge in [0.1, 0.15) is 36.3 Å². The van der Waals surface area contributed by atoms with E-state index in [1.807, 2.05) is 0 Å². The molecule has 24 heteroatoms. The van der Waals surface area contributed by atoms with Crippen LogP contribution in [0.25, 0.3) is 22.3 Å². The van der Waals surface area contributed by atoms with Crippen molar-refractivity contribution in [2.45, 2.75) is 49.4 Å². The van der Waals surface area contributed by atoms with Crippen molar-refractivity contribution in [3.8, 4) is 0 Å². The number of fused-ring (bicyclic) bond motifs is 5. The third-order valence-corrected chi connectivity index (χ3v) is 9.19. The van der Waals surface area contributed by atoms with Gasteiger partial charge in [0.05, 0.1) is 32.0 Å². The Morgan fingerprint density at radius 3 is 2.39 bits per heavy atom. The minimum atomic E-state index is -4.93. The molecule has 7 rings (SSSR count). The summed E-state index contributed by atoms with van der Waals surface area (Å²) in [5, 5.41) is 11.1. The van der Waals surface area contributed by atoms with E-state index < -0.39 is 77.4 Å². The van der Waals surface area contributed by atoms with E-state index in [0.717, 1.165) is 0 Å². The summed E-state index contributed by atoms with van der Waals surface area (Å²) in [6.07, 6.45) is -5.96. The average Bonchev–Trinajstić information content (AvgIpc) is 3.72. The number of ether oxygens (including phenoxy) is 2. The van der Waals surface area contributed by atoms with Crippen LogP contribution in [0.1, 0.15) is 18.9 Å². The number of aromatic amines is 1. The first-order valence-electron chi connectivity index (χ1n) is 12.8. The highest BCUT2D eigenvalue weighted by Gasteiger charge is 2.51. The van der Waals surface area contributed by atoms with Crippen molar-refractivity contribution in [3.63, 3.8) is 0 Å². The second-order valence-corrected chi connectivity index (χ2v) is 12.9. The summed E-state index contributed by atoms with van der Waals surface area (Å²) in [5.74, 6) is -0.164. The number of nitrogens with one attached hydrogen (secondary N) is 1. The SMILES string of the molecule is Nc1nc2c(ncn2C2OC3COP(=O)(O)OC4C(COP(=O)(O)OC2C3)OC(n2cnc3c(N)ncnc32)C4O)c(=O)[nH]1. The van der Waals surface area contributed by atoms with Crippen molar-refractivity contribution in [2.24, 2.45) is 0 Å². The molecule has 3 aliphatic rings. The Labute approximate surface area is 244 Å². The van der Waals surface area contributed by atoms with Crippen LogP contribution in [-0.4, -0.2) is 97.7 Å². The number of nitrogens with two attached hydrogens (primary N) is 2. The topological polar surface area (TPSA) is 309 Å². The second-order valence-electron chi connectivity index (χ2n) is 10.0. The maximum atomic E-state index is 13.2. The van der Waals surface area contributed by atoms with Gasteiger partial charge in [-0.3, -0.25) is 37.0 Å². The maximum Gasteiger partial charge on any atom is 0.472 e. The predicted octanol–water partition coefficient (Wildman–Crippen LogP) is -1.31. The quantitative estimate of drug-likeness (QED) is 0.136. The van der Waals surface area contributed by atoms with E-state index in [-0.39, 0.29) is 40.5 Å². The minimum Gasteiger partial charge on any atom is -0.386 e. The highest BCUT2D eigenvalue weighted by Crippen LogP contribution is 2.53. The summed E-state index contributed by atoms with van der Waals surface area (Å²) in [4.78, 5) is 56.0. The van der Waals surface area contributed by atoms with E-state index in [2.05, 4.69) is 29.9 Å². The molecule has 8 N–H and O–H groups in total. The molecule has 0 amide bonds. The molecule has 44 heavy (non-hydrogen) atoms. The van der Waals surface area contributed by atoms with Gasteiger partial charge in [-0.2, -0.15) is 4.98 Å². The van der Waals surface area contributed by atoms with Gasteiger partial charge in [-0.25, -0.2) is 29.1 Å². The van der Waals surface area contributed by atoms with Crippen LogP contribution in [0.4, 0.5) is 11.8 Å². The predicted molar refractivity (Wildman–Crippen MR) is 142 cm³/mol. The Bertz CT molecular complexity index is 1900. The average molecular weight is 658 g/mol. The van der Waals surface area contributed by atoms with E-state index in [1.165, 1.54) is 28.1 Å². The molecule has 3 fully saturated rings. The van der Waals surface area contributed by atoms with Gasteiger partial charge < -0.3 is 35.8 Å². The molecule has 3 saturated heterocycles. The molecular formula is C20H24N10O12P2. The molecule has 3 aliphatic heterocycles. The molecule has 0 saturated carbocycles. The van der Waals surface area contributed by atoms with Gasteiger partial charge in [-0.05, 0) is 0 Å². The molecule has 4 aromatic heterocycles. The number of H-pyrrole nitrogens is 1. The number of hydrogen-bond acceptors (Lipinski definition) is 17. The molecule has 236 valence electrons. The number of imidazole rings is 2. The number of aliphatic hydroxyl groups excluding tert-OH is 1. The van der Waals surface area contributed by atoms with Crippen LogP contribution in [0.5, 0.6) is 0 Å². The standard InChI is InChI=1S/C20H24N10O12P2/c21-14-10-15(24-4-23-14)29(5-25-10)19-12(31)13-9(40-19)3-38-43(33,34)41-8-1-7(2-37-44(35,36)42-13)39-18(8)30-6-26-11-16(30)27-20(22)28-17(11)32/h4-9,12-13,18-19,31H,1-3H2,(H,33,34)(H,35,36)(H2,21,23,24)(H3,22,27,28,32). The fourth-order valence-electron chi connectivity index (χ4n) is 5.29. The Morgan fingerprint density at radius 2 is 1.59 bits per heavy atom. The van der Waals surface area contributed by atoms with E-state index in [9.17, 15) is 28.8 Å². The molecular weight excluding hydrogens is 634 g/mol. The summed E-state index contributed by atoms with van der Waals surface area (Å²) in [6, 6.07) is 0. The number of aromatic nitrogens is 8. The first-order valence-corrected chi connectivity index (χ1v) is 15.8. The minimum absolute atomic E-state index is 0.0151. The number of phosphoric acid groups is 2. The van der Waals surface area contributed by atoms with Crippen molar-refractivity contribution in [1.82, 2.24) is 39.0 Å². The summed E-state index contributed by atoms with van der Waals surface area (Å²) in [7, 11) is -9.84. The monoisotopic (exact) mass is 658 g/mol. The van der Waals surface area contributed by atoms with Gasteiger partial charge in [-0.15, -0.1) is 0 Å². The zero-order chi connectivity index (χ0) is 31.0. The Hall–Kier alpha value is -3.40. The first kappa shape index (κ1) is 29.3. The smallest absolute Gasteiger partial charge is 0.386 e. The fourth-order valence-corrected chi connectivity index (χ4v) is 7.21. The van der Waals surface area contributed by atoms with Crippen LogP contribution in [0.3, 0.4) is 0 Å². The molecule has 9 unspecified atom stereocenters. The lowest BCUT2D eigenvalue weighted by Gasteiger charge is -2.25. The highest BCUT2D eigenvalue weighted by atomic mass is 31.2. The Kier molecular flexibility index (Phi) is 7.06. The van der Waals surface area contributed by atoms with E-state index in [0.29, 0.717) is 0 Å². The zero-order valence-corrected chi connectivity index (χ0v) is 23.9. The third-order valence-electron chi connectivity index (χ3n) is 7.19. The molecule has 7 heterocycles. The molecule has 2 bridgehead atoms. The first-order chi connectivity index (χ1) is 20.9. The second kappa shape index (κ2) is 10.6. The van der Waals surface area contributed by atoms with Crippen molar-refractivity contribution in [3.05, 3.63) is 29.3 Å². The molecule has 0 radical (unpaired) electrons. The van der Waals surface area contributed by atoms with Crippen molar-refractivity contribution in [1.29, 1.82) is 0 Å². The lowest BCUT2D eigenvalue weighted by atomic mass is 10.1. The number of aliphatic hydroxyl groups is 1. The van der Waals surface area contributed by atoms with Gasteiger partial charge in [0.25, 0.3) is 5.56 Å². The third kappa shape index (κ3) is 5.18. The van der Waals surface area contributed by atoms with Crippen molar-refractivity contribution in [2.75, 3.05) is 24.7 Å². The van der Waals surface area contributed by atoms with Gasteiger partial charge >= 0.3 is 15.6 Å². The zero-order valence-electron chi connectivity index (χ0n) is 22.1. The molecule has 0 aromatic carbocycles. The molecule has 0 aliphatic carbocycles.